The summed E-state index contributed by atoms with van der Waals surface area (Å²) in [5.41, 5.74) is 5.44. The molecule has 0 saturated carbocycles. The molecule has 5 amide bonds. The van der Waals surface area contributed by atoms with E-state index in [-0.39, 0.29) is 35.6 Å². The smallest absolute Gasteiger partial charge is 0.264 e. The van der Waals surface area contributed by atoms with E-state index >= 15 is 0 Å². The van der Waals surface area contributed by atoms with E-state index in [4.69, 9.17) is 4.98 Å². The minimum absolute atomic E-state index is 0.00580. The van der Waals surface area contributed by atoms with Gasteiger partial charge >= 0.3 is 0 Å². The van der Waals surface area contributed by atoms with Gasteiger partial charge < -0.3 is 47.4 Å². The first-order valence-electron chi connectivity index (χ1n) is 21.1. The summed E-state index contributed by atoms with van der Waals surface area (Å²) in [5, 5.41) is 26.9. The zero-order valence-electron chi connectivity index (χ0n) is 35.7. The summed E-state index contributed by atoms with van der Waals surface area (Å²) >= 11 is 2.82. The van der Waals surface area contributed by atoms with E-state index in [1.54, 1.807) is 42.5 Å². The maximum absolute atomic E-state index is 13.5. The number of hydrogen-bond acceptors (Lipinski definition) is 12. The third-order valence-corrected chi connectivity index (χ3v) is 13.4. The molecule has 0 saturated heterocycles. The fourth-order valence-corrected chi connectivity index (χ4v) is 10.2. The third kappa shape index (κ3) is 9.48. The van der Waals surface area contributed by atoms with Crippen molar-refractivity contribution >= 4 is 119 Å². The molecule has 0 fully saturated rings. The first-order valence-corrected chi connectivity index (χ1v) is 22.8. The number of nitrogens with zero attached hydrogens (tertiary/aromatic N) is 2. The molecule has 3 aromatic carbocycles. The maximum Gasteiger partial charge on any atom is 0.264 e. The molecule has 330 valence electrons. The summed E-state index contributed by atoms with van der Waals surface area (Å²) in [4.78, 5) is 74.5. The molecular formula is C48H46N10O5S2. The molecule has 9 rings (SSSR count). The number of rotatable bonds is 11. The summed E-state index contributed by atoms with van der Waals surface area (Å²) in [5.74, 6) is -1.12. The zero-order valence-corrected chi connectivity index (χ0v) is 37.3. The number of para-hydroxylation sites is 2. The van der Waals surface area contributed by atoms with Gasteiger partial charge in [-0.3, -0.25) is 24.0 Å². The van der Waals surface area contributed by atoms with Crippen LogP contribution in [0, 0.1) is 5.92 Å². The molecule has 6 aromatic rings. The maximum atomic E-state index is 13.5. The number of pyridine rings is 1. The van der Waals surface area contributed by atoms with Crippen molar-refractivity contribution in [1.82, 2.24) is 20.5 Å². The Morgan fingerprint density at radius 1 is 0.815 bits per heavy atom. The molecule has 65 heavy (non-hydrogen) atoms. The van der Waals surface area contributed by atoms with Gasteiger partial charge in [-0.1, -0.05) is 36.4 Å². The van der Waals surface area contributed by atoms with E-state index in [9.17, 15) is 24.0 Å². The summed E-state index contributed by atoms with van der Waals surface area (Å²) in [7, 11) is 3.84. The molecule has 3 unspecified atom stereocenters. The highest BCUT2D eigenvalue weighted by Gasteiger charge is 2.31. The Morgan fingerprint density at radius 3 is 2.40 bits per heavy atom. The van der Waals surface area contributed by atoms with E-state index in [1.165, 1.54) is 34.8 Å². The average molecular weight is 907 g/mol. The lowest BCUT2D eigenvalue weighted by molar-refractivity contribution is -0.118. The van der Waals surface area contributed by atoms with Crippen LogP contribution in [0.5, 0.6) is 0 Å². The molecule has 3 aliphatic rings. The topological polar surface area (TPSA) is 198 Å². The van der Waals surface area contributed by atoms with Crippen LogP contribution in [0.4, 0.5) is 39.9 Å². The number of hydrogen-bond donors (Lipinski definition) is 8. The molecule has 3 aromatic heterocycles. The number of anilines is 7. The van der Waals surface area contributed by atoms with Crippen LogP contribution in [0.3, 0.4) is 0 Å². The van der Waals surface area contributed by atoms with E-state index in [0.717, 1.165) is 37.1 Å². The fourth-order valence-electron chi connectivity index (χ4n) is 7.93. The molecule has 2 aliphatic heterocycles. The fraction of sp³-hybridized carbons (Fsp3) is 0.208. The standard InChI is InChI=1S/C48H46N10O5S2/c1-26-24-49-43-41-31-15-19-38(55-33(31)16-18-37(41)65-45(43)47(62)51-26)56-34-10-4-5-11-35(34)57-40(60)20-14-30-25-50-42-32-22-27(13-17-36(32)64-44(42)48(63)54-30)46(61)53-29-9-6-8-28(23-29)52-39(59)12-7-21-58(2)3/h4-20,23,26-27,30,49-50H,21-22,24-25H2,1-3H3,(H,51,62)(H,52,59)(H,53,61)(H,54,63)(H,55,56)(H,57,60). The molecule has 5 heterocycles. The highest BCUT2D eigenvalue weighted by molar-refractivity contribution is 7.21. The molecule has 15 nitrogen and oxygen atoms in total. The highest BCUT2D eigenvalue weighted by Crippen LogP contribution is 2.42. The van der Waals surface area contributed by atoms with E-state index in [1.807, 2.05) is 80.5 Å². The van der Waals surface area contributed by atoms with Gasteiger partial charge in [-0.15, -0.1) is 22.7 Å². The number of amides is 5. The van der Waals surface area contributed by atoms with Crippen molar-refractivity contribution in [3.63, 3.8) is 0 Å². The predicted molar refractivity (Wildman–Crippen MR) is 262 cm³/mol. The lowest BCUT2D eigenvalue weighted by atomic mass is 9.92. The summed E-state index contributed by atoms with van der Waals surface area (Å²) in [6.45, 7) is 3.55. The average Bonchev–Trinajstić information content (AvgIpc) is 3.76. The van der Waals surface area contributed by atoms with Crippen LogP contribution < -0.4 is 42.5 Å². The number of nitrogens with one attached hydrogen (secondary N) is 8. The quantitative estimate of drug-likeness (QED) is 0.0607. The Labute approximate surface area is 382 Å². The molecule has 0 bridgehead atoms. The summed E-state index contributed by atoms with van der Waals surface area (Å²) in [6.07, 6.45) is 10.4. The number of fused-ring (bicyclic) bond motifs is 8. The number of thiophene rings is 2. The normalized spacial score (nSPS) is 17.9. The van der Waals surface area contributed by atoms with Crippen LogP contribution in [0.25, 0.3) is 27.1 Å². The number of carbonyl (C=O) groups excluding carboxylic acids is 5. The summed E-state index contributed by atoms with van der Waals surface area (Å²) in [6, 6.07) is 21.6. The first-order chi connectivity index (χ1) is 31.4. The van der Waals surface area contributed by atoms with Crippen molar-refractivity contribution in [3.8, 4) is 0 Å². The summed E-state index contributed by atoms with van der Waals surface area (Å²) < 4.78 is 0.999. The van der Waals surface area contributed by atoms with Gasteiger partial charge in [0.1, 0.15) is 15.6 Å². The molecule has 0 spiro atoms. The molecule has 17 heteroatoms. The Kier molecular flexibility index (Phi) is 12.2. The SMILES string of the molecule is CC1CNc2c(sc3ccc4nc(Nc5ccccc5NC(=O)C=CC5CNc6c(sc7c6CC(C(=O)Nc6cccc(NC(=O)C=CCN(C)C)c6)C=C7)C(=O)N5)ccc4c23)C(=O)N1. The van der Waals surface area contributed by atoms with Crippen molar-refractivity contribution in [2.75, 3.05) is 65.6 Å². The van der Waals surface area contributed by atoms with E-state index < -0.39 is 12.0 Å². The van der Waals surface area contributed by atoms with Crippen LogP contribution in [0.1, 0.15) is 36.7 Å². The van der Waals surface area contributed by atoms with Crippen LogP contribution in [-0.4, -0.2) is 85.2 Å². The number of carbonyl (C=O) groups is 5. The number of benzene rings is 3. The minimum atomic E-state index is -0.495. The Bertz CT molecular complexity index is 2990. The van der Waals surface area contributed by atoms with Gasteiger partial charge in [0.15, 0.2) is 0 Å². The van der Waals surface area contributed by atoms with Crippen LogP contribution in [0.2, 0.25) is 0 Å². The second kappa shape index (κ2) is 18.4. The van der Waals surface area contributed by atoms with Gasteiger partial charge in [-0.05, 0) is 93.7 Å². The minimum Gasteiger partial charge on any atom is -0.381 e. The van der Waals surface area contributed by atoms with Crippen molar-refractivity contribution in [3.05, 3.63) is 123 Å². The van der Waals surface area contributed by atoms with Crippen LogP contribution in [0.15, 0.2) is 103 Å². The Morgan fingerprint density at radius 2 is 1.57 bits per heavy atom. The monoisotopic (exact) mass is 906 g/mol. The van der Waals surface area contributed by atoms with Gasteiger partial charge in [0, 0.05) is 69.6 Å². The Hall–Kier alpha value is -7.34. The van der Waals surface area contributed by atoms with E-state index in [2.05, 4.69) is 42.5 Å². The second-order valence-electron chi connectivity index (χ2n) is 16.3. The van der Waals surface area contributed by atoms with Crippen molar-refractivity contribution < 1.29 is 24.0 Å². The second-order valence-corrected chi connectivity index (χ2v) is 18.4. The predicted octanol–water partition coefficient (Wildman–Crippen LogP) is 7.40. The third-order valence-electron chi connectivity index (χ3n) is 11.1. The van der Waals surface area contributed by atoms with Gasteiger partial charge in [0.2, 0.25) is 17.7 Å². The van der Waals surface area contributed by atoms with Crippen LogP contribution >= 0.6 is 22.7 Å². The largest absolute Gasteiger partial charge is 0.381 e. The Balaban J connectivity index is 0.818. The van der Waals surface area contributed by atoms with Crippen molar-refractivity contribution in [2.45, 2.75) is 25.4 Å². The zero-order chi connectivity index (χ0) is 45.2. The molecule has 8 N–H and O–H groups in total. The molecule has 0 radical (unpaired) electrons. The molecule has 1 aliphatic carbocycles. The lowest BCUT2D eigenvalue weighted by Gasteiger charge is -2.19. The molecule has 3 atom stereocenters. The first kappa shape index (κ1) is 42.9. The van der Waals surface area contributed by atoms with Crippen molar-refractivity contribution in [2.24, 2.45) is 5.92 Å². The van der Waals surface area contributed by atoms with Gasteiger partial charge in [-0.2, -0.15) is 0 Å². The highest BCUT2D eigenvalue weighted by atomic mass is 32.1. The van der Waals surface area contributed by atoms with Crippen LogP contribution in [-0.2, 0) is 20.8 Å². The van der Waals surface area contributed by atoms with Crippen molar-refractivity contribution in [1.29, 1.82) is 0 Å². The molecular weight excluding hydrogens is 861 g/mol. The van der Waals surface area contributed by atoms with Gasteiger partial charge in [0.25, 0.3) is 11.8 Å². The van der Waals surface area contributed by atoms with Gasteiger partial charge in [0.05, 0.1) is 40.2 Å². The van der Waals surface area contributed by atoms with E-state index in [0.29, 0.717) is 70.1 Å². The van der Waals surface area contributed by atoms with Gasteiger partial charge in [-0.25, -0.2) is 4.98 Å². The number of aromatic nitrogens is 1. The number of likely N-dealkylation sites (N-methyl/N-ethyl adjacent to an activating group) is 1. The lowest BCUT2D eigenvalue weighted by Crippen LogP contribution is -2.35.